The number of benzene rings is 1. The Balaban J connectivity index is 1.36. The number of tetrazole rings is 1. The second kappa shape index (κ2) is 8.89. The molecule has 1 saturated heterocycles. The lowest BCUT2D eigenvalue weighted by Gasteiger charge is -2.32. The molecular weight excluding hydrogens is 427 g/mol. The average Bonchev–Trinajstić information content (AvgIpc) is 3.22. The maximum atomic E-state index is 13.2. The van der Waals surface area contributed by atoms with Crippen molar-refractivity contribution in [3.05, 3.63) is 47.8 Å². The molecule has 0 saturated carbocycles. The van der Waals surface area contributed by atoms with Gasteiger partial charge in [-0.2, -0.15) is 18.0 Å². The fraction of sp³-hybridized carbons (Fsp3) is 0.400. The molecule has 1 N–H and O–H groups in total. The Morgan fingerprint density at radius 2 is 1.81 bits per heavy atom. The molecule has 168 valence electrons. The van der Waals surface area contributed by atoms with Crippen LogP contribution < -0.4 is 4.90 Å². The third-order valence-electron chi connectivity index (χ3n) is 5.35. The topological polar surface area (TPSA) is 110 Å². The number of alkyl halides is 3. The lowest BCUT2D eigenvalue weighted by Crippen LogP contribution is -2.35. The molecule has 0 radical (unpaired) electrons. The van der Waals surface area contributed by atoms with Crippen LogP contribution in [0, 0.1) is 5.92 Å². The van der Waals surface area contributed by atoms with Gasteiger partial charge in [0.1, 0.15) is 0 Å². The van der Waals surface area contributed by atoms with Crippen molar-refractivity contribution in [3.8, 4) is 11.4 Å². The van der Waals surface area contributed by atoms with Crippen LogP contribution in [-0.2, 0) is 23.9 Å². The van der Waals surface area contributed by atoms with Gasteiger partial charge in [0.25, 0.3) is 0 Å². The molecule has 1 aliphatic heterocycles. The lowest BCUT2D eigenvalue weighted by atomic mass is 9.88. The van der Waals surface area contributed by atoms with E-state index < -0.39 is 24.3 Å². The van der Waals surface area contributed by atoms with E-state index in [0.717, 1.165) is 23.7 Å². The van der Waals surface area contributed by atoms with Crippen LogP contribution in [-0.4, -0.2) is 54.3 Å². The molecule has 2 aromatic heterocycles. The molecule has 9 nitrogen and oxygen atoms in total. The molecule has 1 aliphatic rings. The van der Waals surface area contributed by atoms with Crippen molar-refractivity contribution in [1.29, 1.82) is 0 Å². The lowest BCUT2D eigenvalue weighted by molar-refractivity contribution is -0.139. The third-order valence-corrected chi connectivity index (χ3v) is 5.35. The van der Waals surface area contributed by atoms with E-state index in [2.05, 4.69) is 25.4 Å². The van der Waals surface area contributed by atoms with E-state index in [-0.39, 0.29) is 11.7 Å². The first-order valence-corrected chi connectivity index (χ1v) is 10.0. The summed E-state index contributed by atoms with van der Waals surface area (Å²) >= 11 is 0. The third kappa shape index (κ3) is 5.01. The van der Waals surface area contributed by atoms with Gasteiger partial charge < -0.3 is 10.0 Å². The molecular formula is C20H20F3N7O2. The number of hydrogen-bond acceptors (Lipinski definition) is 7. The molecule has 4 rings (SSSR count). The first kappa shape index (κ1) is 21.7. The monoisotopic (exact) mass is 447 g/mol. The Hall–Kier alpha value is -3.57. The number of anilines is 1. The number of hydrogen-bond donors (Lipinski definition) is 1. The molecule has 0 aliphatic carbocycles. The summed E-state index contributed by atoms with van der Waals surface area (Å²) in [6.45, 7) is 0.894. The minimum Gasteiger partial charge on any atom is -0.480 e. The second-order valence-electron chi connectivity index (χ2n) is 7.60. The second-order valence-corrected chi connectivity index (χ2v) is 7.60. The zero-order valence-corrected chi connectivity index (χ0v) is 16.9. The predicted molar refractivity (Wildman–Crippen MR) is 107 cm³/mol. The molecule has 3 heterocycles. The maximum absolute atomic E-state index is 13.2. The summed E-state index contributed by atoms with van der Waals surface area (Å²) in [4.78, 5) is 22.3. The van der Waals surface area contributed by atoms with Crippen molar-refractivity contribution < 1.29 is 23.1 Å². The van der Waals surface area contributed by atoms with Crippen molar-refractivity contribution in [2.45, 2.75) is 32.0 Å². The minimum absolute atomic E-state index is 0.155. The van der Waals surface area contributed by atoms with Crippen LogP contribution in [0.15, 0.2) is 36.7 Å². The number of nitrogens with zero attached hydrogens (tertiary/aromatic N) is 7. The number of piperidine rings is 1. The molecule has 0 amide bonds. The van der Waals surface area contributed by atoms with E-state index in [4.69, 9.17) is 5.11 Å². The normalized spacial score (nSPS) is 15.2. The molecule has 0 unspecified atom stereocenters. The SMILES string of the molecule is O=C(O)Cn1nnc(-c2cnc(N3CCC(Cc4ccccc4C(F)(F)F)CC3)nc2)n1. The van der Waals surface area contributed by atoms with Crippen LogP contribution >= 0.6 is 0 Å². The van der Waals surface area contributed by atoms with Gasteiger partial charge in [-0.25, -0.2) is 9.97 Å². The van der Waals surface area contributed by atoms with Crippen molar-refractivity contribution in [1.82, 2.24) is 30.2 Å². The van der Waals surface area contributed by atoms with Gasteiger partial charge in [0.15, 0.2) is 6.54 Å². The first-order chi connectivity index (χ1) is 15.3. The standard InChI is InChI=1S/C20H20F3N7O2/c21-20(22,23)16-4-2-1-3-14(16)9-13-5-7-29(8-6-13)19-24-10-15(11-25-19)18-26-28-30(27-18)12-17(31)32/h1-4,10-11,13H,5-9,12H2,(H,31,32). The molecule has 1 aromatic carbocycles. The summed E-state index contributed by atoms with van der Waals surface area (Å²) < 4.78 is 39.7. The quantitative estimate of drug-likeness (QED) is 0.614. The number of carbonyl (C=O) groups is 1. The van der Waals surface area contributed by atoms with Crippen molar-refractivity contribution >= 4 is 11.9 Å². The van der Waals surface area contributed by atoms with E-state index in [9.17, 15) is 18.0 Å². The Morgan fingerprint density at radius 1 is 1.12 bits per heavy atom. The van der Waals surface area contributed by atoms with Gasteiger partial charge in [-0.05, 0) is 42.0 Å². The molecule has 12 heteroatoms. The predicted octanol–water partition coefficient (Wildman–Crippen LogP) is 2.69. The van der Waals surface area contributed by atoms with Gasteiger partial charge in [0.2, 0.25) is 11.8 Å². The zero-order valence-electron chi connectivity index (χ0n) is 16.9. The highest BCUT2D eigenvalue weighted by Crippen LogP contribution is 2.34. The summed E-state index contributed by atoms with van der Waals surface area (Å²) in [5.41, 5.74) is 0.279. The van der Waals surface area contributed by atoms with Gasteiger partial charge in [0, 0.05) is 25.5 Å². The van der Waals surface area contributed by atoms with Gasteiger partial charge in [-0.15, -0.1) is 10.2 Å². The van der Waals surface area contributed by atoms with E-state index >= 15 is 0 Å². The molecule has 3 aromatic rings. The van der Waals surface area contributed by atoms with Gasteiger partial charge in [0.05, 0.1) is 11.1 Å². The molecule has 0 spiro atoms. The number of aromatic nitrogens is 6. The highest BCUT2D eigenvalue weighted by molar-refractivity contribution is 5.66. The van der Waals surface area contributed by atoms with E-state index in [1.54, 1.807) is 12.1 Å². The Labute approximate surface area is 180 Å². The van der Waals surface area contributed by atoms with Crippen LogP contribution in [0.5, 0.6) is 0 Å². The van der Waals surface area contributed by atoms with Gasteiger partial charge >= 0.3 is 12.1 Å². The summed E-state index contributed by atoms with van der Waals surface area (Å²) in [6.07, 6.45) is 0.596. The maximum Gasteiger partial charge on any atom is 0.416 e. The van der Waals surface area contributed by atoms with Gasteiger partial charge in [-0.3, -0.25) is 4.79 Å². The summed E-state index contributed by atoms with van der Waals surface area (Å²) in [6, 6.07) is 5.75. The van der Waals surface area contributed by atoms with Crippen LogP contribution in [0.25, 0.3) is 11.4 Å². The van der Waals surface area contributed by atoms with Crippen molar-refractivity contribution in [2.75, 3.05) is 18.0 Å². The smallest absolute Gasteiger partial charge is 0.416 e. The number of halogens is 3. The van der Waals surface area contributed by atoms with Crippen LogP contribution in [0.4, 0.5) is 19.1 Å². The highest BCUT2D eigenvalue weighted by Gasteiger charge is 2.33. The van der Waals surface area contributed by atoms with Crippen LogP contribution in [0.2, 0.25) is 0 Å². The number of carboxylic acids is 1. The van der Waals surface area contributed by atoms with Gasteiger partial charge in [-0.1, -0.05) is 18.2 Å². The zero-order chi connectivity index (χ0) is 22.7. The molecule has 0 atom stereocenters. The van der Waals surface area contributed by atoms with Crippen LogP contribution in [0.3, 0.4) is 0 Å². The van der Waals surface area contributed by atoms with Crippen molar-refractivity contribution in [2.24, 2.45) is 5.92 Å². The number of carboxylic acid groups (broad SMARTS) is 1. The first-order valence-electron chi connectivity index (χ1n) is 10.0. The fourth-order valence-corrected chi connectivity index (χ4v) is 3.77. The minimum atomic E-state index is -4.35. The summed E-state index contributed by atoms with van der Waals surface area (Å²) in [5.74, 6) is -0.186. The Bertz CT molecular complexity index is 1080. The number of aliphatic carboxylic acids is 1. The largest absolute Gasteiger partial charge is 0.480 e. The Kier molecular flexibility index (Phi) is 6.01. The summed E-state index contributed by atoms with van der Waals surface area (Å²) in [5, 5.41) is 20.2. The van der Waals surface area contributed by atoms with E-state index in [1.165, 1.54) is 18.5 Å². The summed E-state index contributed by atoms with van der Waals surface area (Å²) in [7, 11) is 0. The van der Waals surface area contributed by atoms with E-state index in [0.29, 0.717) is 36.6 Å². The number of rotatable bonds is 6. The fourth-order valence-electron chi connectivity index (χ4n) is 3.77. The van der Waals surface area contributed by atoms with E-state index in [1.807, 2.05) is 4.90 Å². The highest BCUT2D eigenvalue weighted by atomic mass is 19.4. The molecule has 1 fully saturated rings. The van der Waals surface area contributed by atoms with Crippen molar-refractivity contribution in [3.63, 3.8) is 0 Å². The molecule has 0 bridgehead atoms. The van der Waals surface area contributed by atoms with Crippen LogP contribution in [0.1, 0.15) is 24.0 Å². The Morgan fingerprint density at radius 3 is 2.47 bits per heavy atom. The average molecular weight is 447 g/mol. The molecule has 32 heavy (non-hydrogen) atoms.